The highest BCUT2D eigenvalue weighted by atomic mass is 16.5. The van der Waals surface area contributed by atoms with E-state index in [4.69, 9.17) is 10.5 Å². The summed E-state index contributed by atoms with van der Waals surface area (Å²) in [5.74, 6) is 1.01. The van der Waals surface area contributed by atoms with Crippen molar-refractivity contribution in [2.24, 2.45) is 11.1 Å². The van der Waals surface area contributed by atoms with Crippen LogP contribution in [0, 0.1) is 19.3 Å². The smallest absolute Gasteiger partial charge is 0.122 e. The van der Waals surface area contributed by atoms with Crippen molar-refractivity contribution < 1.29 is 4.74 Å². The van der Waals surface area contributed by atoms with Crippen molar-refractivity contribution in [1.82, 2.24) is 0 Å². The Morgan fingerprint density at radius 2 is 1.83 bits per heavy atom. The fraction of sp³-hybridized carbons (Fsp3) is 0.625. The van der Waals surface area contributed by atoms with Gasteiger partial charge < -0.3 is 10.5 Å². The third kappa shape index (κ3) is 3.49. The minimum Gasteiger partial charge on any atom is -0.493 e. The molecule has 0 saturated heterocycles. The highest BCUT2D eigenvalue weighted by Crippen LogP contribution is 2.30. The van der Waals surface area contributed by atoms with Crippen molar-refractivity contribution in [3.05, 3.63) is 29.3 Å². The fourth-order valence-corrected chi connectivity index (χ4v) is 2.25. The van der Waals surface area contributed by atoms with Crippen molar-refractivity contribution in [3.8, 4) is 5.75 Å². The first-order chi connectivity index (χ1) is 8.58. The Bertz CT molecular complexity index is 361. The van der Waals surface area contributed by atoms with Crippen molar-refractivity contribution in [2.45, 2.75) is 47.0 Å². The highest BCUT2D eigenvalue weighted by Gasteiger charge is 2.24. The lowest BCUT2D eigenvalue weighted by atomic mass is 9.80. The minimum atomic E-state index is 0.248. The van der Waals surface area contributed by atoms with E-state index in [9.17, 15) is 0 Å². The van der Waals surface area contributed by atoms with Crippen LogP contribution >= 0.6 is 0 Å². The molecule has 0 heterocycles. The van der Waals surface area contributed by atoms with E-state index in [-0.39, 0.29) is 5.41 Å². The second-order valence-corrected chi connectivity index (χ2v) is 5.21. The van der Waals surface area contributed by atoms with Crippen molar-refractivity contribution in [2.75, 3.05) is 13.2 Å². The average molecular weight is 249 g/mol. The summed E-state index contributed by atoms with van der Waals surface area (Å²) >= 11 is 0. The lowest BCUT2D eigenvalue weighted by molar-refractivity contribution is 0.186. The number of hydrogen-bond donors (Lipinski definition) is 1. The predicted molar refractivity (Wildman–Crippen MR) is 78.1 cm³/mol. The van der Waals surface area contributed by atoms with E-state index in [1.54, 1.807) is 0 Å². The molecule has 2 heteroatoms. The van der Waals surface area contributed by atoms with Crippen LogP contribution in [-0.2, 0) is 0 Å². The van der Waals surface area contributed by atoms with Crippen molar-refractivity contribution in [1.29, 1.82) is 0 Å². The highest BCUT2D eigenvalue weighted by molar-refractivity contribution is 5.38. The van der Waals surface area contributed by atoms with Crippen LogP contribution in [0.25, 0.3) is 0 Å². The Morgan fingerprint density at radius 3 is 2.39 bits per heavy atom. The van der Waals surface area contributed by atoms with E-state index in [0.717, 1.165) is 38.2 Å². The van der Waals surface area contributed by atoms with E-state index < -0.39 is 0 Å². The van der Waals surface area contributed by atoms with Gasteiger partial charge in [0, 0.05) is 0 Å². The third-order valence-corrected chi connectivity index (χ3v) is 4.38. The van der Waals surface area contributed by atoms with Gasteiger partial charge in [-0.15, -0.1) is 0 Å². The molecular weight excluding hydrogens is 222 g/mol. The number of ether oxygens (including phenoxy) is 1. The van der Waals surface area contributed by atoms with Gasteiger partial charge in [0.15, 0.2) is 0 Å². The van der Waals surface area contributed by atoms with Crippen LogP contribution in [-0.4, -0.2) is 13.2 Å². The summed E-state index contributed by atoms with van der Waals surface area (Å²) in [5, 5.41) is 0. The molecule has 0 bridgehead atoms. The predicted octanol–water partition coefficient (Wildman–Crippen LogP) is 3.84. The summed E-state index contributed by atoms with van der Waals surface area (Å²) < 4.78 is 5.92. The zero-order valence-electron chi connectivity index (χ0n) is 12.3. The average Bonchev–Trinajstić information content (AvgIpc) is 2.40. The minimum absolute atomic E-state index is 0.248. The van der Waals surface area contributed by atoms with Gasteiger partial charge in [0.2, 0.25) is 0 Å². The number of benzene rings is 1. The Labute approximate surface area is 112 Å². The van der Waals surface area contributed by atoms with Gasteiger partial charge in [0.25, 0.3) is 0 Å². The molecule has 0 aliphatic heterocycles. The van der Waals surface area contributed by atoms with Gasteiger partial charge in [0.1, 0.15) is 5.75 Å². The number of rotatable bonds is 7. The number of nitrogens with two attached hydrogens (primary N) is 1. The lowest BCUT2D eigenvalue weighted by Gasteiger charge is -2.30. The largest absolute Gasteiger partial charge is 0.493 e. The van der Waals surface area contributed by atoms with Crippen LogP contribution in [0.3, 0.4) is 0 Å². The SMILES string of the molecule is CCC(CC)(CN)CCOc1cccc(C)c1C. The summed E-state index contributed by atoms with van der Waals surface area (Å²) in [6, 6.07) is 6.21. The maximum absolute atomic E-state index is 5.92. The van der Waals surface area contributed by atoms with Crippen LogP contribution in [0.4, 0.5) is 0 Å². The molecule has 2 nitrogen and oxygen atoms in total. The quantitative estimate of drug-likeness (QED) is 0.797. The maximum Gasteiger partial charge on any atom is 0.122 e. The van der Waals surface area contributed by atoms with E-state index in [1.807, 2.05) is 12.1 Å². The molecule has 18 heavy (non-hydrogen) atoms. The molecule has 0 aliphatic rings. The molecule has 1 aromatic carbocycles. The zero-order chi connectivity index (χ0) is 13.6. The monoisotopic (exact) mass is 249 g/mol. The second kappa shape index (κ2) is 6.79. The van der Waals surface area contributed by atoms with Gasteiger partial charge in [-0.3, -0.25) is 0 Å². The first kappa shape index (κ1) is 15.0. The summed E-state index contributed by atoms with van der Waals surface area (Å²) in [6.07, 6.45) is 3.27. The molecule has 2 N–H and O–H groups in total. The molecule has 1 rings (SSSR count). The molecule has 0 saturated carbocycles. The van der Waals surface area contributed by atoms with Crippen LogP contribution in [0.5, 0.6) is 5.75 Å². The van der Waals surface area contributed by atoms with Gasteiger partial charge in [-0.05, 0) is 62.3 Å². The third-order valence-electron chi connectivity index (χ3n) is 4.38. The van der Waals surface area contributed by atoms with Crippen molar-refractivity contribution in [3.63, 3.8) is 0 Å². The summed E-state index contributed by atoms with van der Waals surface area (Å²) in [5.41, 5.74) is 8.68. The number of aryl methyl sites for hydroxylation is 1. The first-order valence-corrected chi connectivity index (χ1v) is 6.97. The Hall–Kier alpha value is -1.02. The van der Waals surface area contributed by atoms with Crippen LogP contribution in [0.15, 0.2) is 18.2 Å². The van der Waals surface area contributed by atoms with Crippen molar-refractivity contribution >= 4 is 0 Å². The van der Waals surface area contributed by atoms with Crippen LogP contribution < -0.4 is 10.5 Å². The Balaban J connectivity index is 2.58. The Kier molecular flexibility index (Phi) is 5.67. The molecule has 1 aromatic rings. The first-order valence-electron chi connectivity index (χ1n) is 6.97. The van der Waals surface area contributed by atoms with Gasteiger partial charge in [-0.2, -0.15) is 0 Å². The van der Waals surface area contributed by atoms with Gasteiger partial charge in [-0.1, -0.05) is 26.0 Å². The maximum atomic E-state index is 5.92. The van der Waals surface area contributed by atoms with E-state index in [1.165, 1.54) is 11.1 Å². The molecule has 0 unspecified atom stereocenters. The number of hydrogen-bond acceptors (Lipinski definition) is 2. The molecular formula is C16H27NO. The molecule has 0 fully saturated rings. The van der Waals surface area contributed by atoms with E-state index >= 15 is 0 Å². The lowest BCUT2D eigenvalue weighted by Crippen LogP contribution is -2.31. The molecule has 102 valence electrons. The summed E-state index contributed by atoms with van der Waals surface area (Å²) in [6.45, 7) is 10.2. The van der Waals surface area contributed by atoms with E-state index in [0.29, 0.717) is 0 Å². The second-order valence-electron chi connectivity index (χ2n) is 5.21. The summed E-state index contributed by atoms with van der Waals surface area (Å²) in [4.78, 5) is 0. The molecule has 0 radical (unpaired) electrons. The zero-order valence-corrected chi connectivity index (χ0v) is 12.3. The van der Waals surface area contributed by atoms with Crippen LogP contribution in [0.1, 0.15) is 44.2 Å². The fourth-order valence-electron chi connectivity index (χ4n) is 2.25. The normalized spacial score (nSPS) is 11.6. The standard InChI is InChI=1S/C16H27NO/c1-5-16(6-2,12-17)10-11-18-15-9-7-8-13(3)14(15)4/h7-9H,5-6,10-12,17H2,1-4H3. The van der Waals surface area contributed by atoms with E-state index in [2.05, 4.69) is 33.8 Å². The van der Waals surface area contributed by atoms with Crippen LogP contribution in [0.2, 0.25) is 0 Å². The van der Waals surface area contributed by atoms with Gasteiger partial charge in [0.05, 0.1) is 6.61 Å². The molecule has 0 aromatic heterocycles. The summed E-state index contributed by atoms with van der Waals surface area (Å²) in [7, 11) is 0. The molecule has 0 spiro atoms. The Morgan fingerprint density at radius 1 is 1.17 bits per heavy atom. The molecule has 0 atom stereocenters. The topological polar surface area (TPSA) is 35.2 Å². The van der Waals surface area contributed by atoms with Gasteiger partial charge >= 0.3 is 0 Å². The van der Waals surface area contributed by atoms with Gasteiger partial charge in [-0.25, -0.2) is 0 Å². The molecule has 0 amide bonds. The molecule has 0 aliphatic carbocycles.